The molecule has 5 nitrogen and oxygen atoms in total. The molecule has 1 aliphatic rings. The highest BCUT2D eigenvalue weighted by Gasteiger charge is 2.43. The number of para-hydroxylation sites is 2. The molecule has 0 fully saturated rings. The van der Waals surface area contributed by atoms with Gasteiger partial charge in [-0.3, -0.25) is 0 Å². The SMILES string of the molecule is COc1cccc(CN2CC(c3cccc(C(F)(F)F)c3)N(CC(O)C(F)(F)F)c3ccccc32)n1. The molecular weight excluding hydrogens is 488 g/mol. The number of benzene rings is 2. The molecule has 2 heterocycles. The lowest BCUT2D eigenvalue weighted by Gasteiger charge is -2.45. The van der Waals surface area contributed by atoms with E-state index in [2.05, 4.69) is 4.98 Å². The minimum absolute atomic E-state index is 0.0573. The van der Waals surface area contributed by atoms with Gasteiger partial charge in [-0.25, -0.2) is 4.98 Å². The van der Waals surface area contributed by atoms with E-state index < -0.39 is 36.6 Å². The molecule has 2 aromatic carbocycles. The first-order chi connectivity index (χ1) is 17.0. The van der Waals surface area contributed by atoms with Crippen LogP contribution in [0, 0.1) is 0 Å². The second-order valence-corrected chi connectivity index (χ2v) is 8.39. The predicted molar refractivity (Wildman–Crippen MR) is 122 cm³/mol. The van der Waals surface area contributed by atoms with Gasteiger partial charge in [-0.1, -0.05) is 30.3 Å². The number of aliphatic hydroxyl groups is 1. The molecule has 0 spiro atoms. The third kappa shape index (κ3) is 5.51. The summed E-state index contributed by atoms with van der Waals surface area (Å²) in [6.07, 6.45) is -12.2. The lowest BCUT2D eigenvalue weighted by molar-refractivity contribution is -0.200. The number of nitrogens with zero attached hydrogens (tertiary/aromatic N) is 3. The molecule has 192 valence electrons. The Labute approximate surface area is 203 Å². The Balaban J connectivity index is 1.79. The van der Waals surface area contributed by atoms with Crippen molar-refractivity contribution in [3.8, 4) is 5.88 Å². The Morgan fingerprint density at radius 2 is 1.67 bits per heavy atom. The van der Waals surface area contributed by atoms with Crippen LogP contribution in [0.4, 0.5) is 37.7 Å². The highest BCUT2D eigenvalue weighted by Crippen LogP contribution is 2.43. The number of anilines is 2. The molecule has 4 rings (SSSR count). The van der Waals surface area contributed by atoms with Crippen molar-refractivity contribution in [2.24, 2.45) is 0 Å². The molecule has 1 aliphatic heterocycles. The fraction of sp³-hybridized carbons (Fsp3) is 0.320. The van der Waals surface area contributed by atoms with Crippen molar-refractivity contribution >= 4 is 11.4 Å². The molecule has 0 amide bonds. The van der Waals surface area contributed by atoms with Crippen LogP contribution in [0.2, 0.25) is 0 Å². The summed E-state index contributed by atoms with van der Waals surface area (Å²) in [6.45, 7) is -0.548. The van der Waals surface area contributed by atoms with E-state index in [1.807, 2.05) is 4.90 Å². The van der Waals surface area contributed by atoms with Crippen LogP contribution in [0.3, 0.4) is 0 Å². The Bertz CT molecular complexity index is 1200. The second kappa shape index (κ2) is 9.88. The zero-order valence-corrected chi connectivity index (χ0v) is 19.1. The standard InChI is InChI=1S/C25H23F6N3O2/c1-36-23-11-5-8-18(32-23)13-33-14-21(16-6-4-7-17(12-16)24(26,27)28)34(15-22(35)25(29,30)31)20-10-3-2-9-19(20)33/h2-12,21-22,35H,13-15H2,1H3. The van der Waals surface area contributed by atoms with Crippen molar-refractivity contribution < 1.29 is 36.2 Å². The lowest BCUT2D eigenvalue weighted by Crippen LogP contribution is -2.49. The third-order valence-corrected chi connectivity index (χ3v) is 5.99. The molecule has 1 N–H and O–H groups in total. The number of aliphatic hydroxyl groups excluding tert-OH is 1. The fourth-order valence-corrected chi connectivity index (χ4v) is 4.28. The first-order valence-electron chi connectivity index (χ1n) is 11.0. The molecule has 3 aromatic rings. The number of halogens is 6. The van der Waals surface area contributed by atoms with E-state index in [0.717, 1.165) is 12.1 Å². The van der Waals surface area contributed by atoms with Gasteiger partial charge < -0.3 is 19.6 Å². The summed E-state index contributed by atoms with van der Waals surface area (Å²) in [5.41, 5.74) is 0.807. The Morgan fingerprint density at radius 1 is 0.972 bits per heavy atom. The normalized spacial score (nSPS) is 17.1. The molecule has 0 saturated carbocycles. The topological polar surface area (TPSA) is 48.8 Å². The van der Waals surface area contributed by atoms with Crippen LogP contribution in [-0.4, -0.2) is 42.6 Å². The van der Waals surface area contributed by atoms with E-state index in [0.29, 0.717) is 22.9 Å². The minimum Gasteiger partial charge on any atom is -0.481 e. The Kier molecular flexibility index (Phi) is 7.03. The Hall–Kier alpha value is -3.47. The highest BCUT2D eigenvalue weighted by atomic mass is 19.4. The number of alkyl halides is 6. The van der Waals surface area contributed by atoms with Gasteiger partial charge in [0.15, 0.2) is 6.10 Å². The summed E-state index contributed by atoms with van der Waals surface area (Å²) < 4.78 is 85.4. The van der Waals surface area contributed by atoms with Crippen LogP contribution in [0.25, 0.3) is 0 Å². The van der Waals surface area contributed by atoms with E-state index in [-0.39, 0.29) is 18.7 Å². The number of methoxy groups -OCH3 is 1. The number of aromatic nitrogens is 1. The molecule has 0 aliphatic carbocycles. The van der Waals surface area contributed by atoms with Gasteiger partial charge in [0.1, 0.15) is 0 Å². The first kappa shape index (κ1) is 25.6. The molecule has 2 unspecified atom stereocenters. The number of β-amino-alcohol motifs (C(OH)–C–C–N with tert-alkyl or cyclic N) is 1. The van der Waals surface area contributed by atoms with Crippen molar-refractivity contribution in [2.45, 2.75) is 31.0 Å². The van der Waals surface area contributed by atoms with Crippen LogP contribution >= 0.6 is 0 Å². The van der Waals surface area contributed by atoms with Gasteiger partial charge in [0, 0.05) is 12.6 Å². The summed E-state index contributed by atoms with van der Waals surface area (Å²) in [5.74, 6) is 0.377. The van der Waals surface area contributed by atoms with Gasteiger partial charge in [0.05, 0.1) is 48.9 Å². The van der Waals surface area contributed by atoms with Gasteiger partial charge in [-0.15, -0.1) is 0 Å². The number of hydrogen-bond acceptors (Lipinski definition) is 5. The van der Waals surface area contributed by atoms with Crippen molar-refractivity contribution in [1.29, 1.82) is 0 Å². The largest absolute Gasteiger partial charge is 0.481 e. The minimum atomic E-state index is -4.89. The van der Waals surface area contributed by atoms with E-state index in [4.69, 9.17) is 4.74 Å². The number of pyridine rings is 1. The summed E-state index contributed by atoms with van der Waals surface area (Å²) in [6, 6.07) is 15.4. The average Bonchev–Trinajstić information content (AvgIpc) is 2.84. The van der Waals surface area contributed by atoms with Crippen LogP contribution in [0.15, 0.2) is 66.7 Å². The van der Waals surface area contributed by atoms with Gasteiger partial charge >= 0.3 is 12.4 Å². The molecule has 1 aromatic heterocycles. The number of rotatable bonds is 6. The summed E-state index contributed by atoms with van der Waals surface area (Å²) in [4.78, 5) is 7.55. The van der Waals surface area contributed by atoms with Crippen LogP contribution in [0.5, 0.6) is 5.88 Å². The summed E-state index contributed by atoms with van der Waals surface area (Å²) >= 11 is 0. The Morgan fingerprint density at radius 3 is 2.33 bits per heavy atom. The molecule has 0 bridgehead atoms. The highest BCUT2D eigenvalue weighted by molar-refractivity contribution is 5.74. The zero-order valence-electron chi connectivity index (χ0n) is 19.1. The maximum Gasteiger partial charge on any atom is 0.416 e. The van der Waals surface area contributed by atoms with Crippen molar-refractivity contribution in [1.82, 2.24) is 4.98 Å². The summed E-state index contributed by atoms with van der Waals surface area (Å²) in [7, 11) is 1.47. The third-order valence-electron chi connectivity index (χ3n) is 5.99. The lowest BCUT2D eigenvalue weighted by atomic mass is 9.97. The number of hydrogen-bond donors (Lipinski definition) is 1. The van der Waals surface area contributed by atoms with E-state index in [1.165, 1.54) is 24.1 Å². The van der Waals surface area contributed by atoms with Gasteiger partial charge in [0.2, 0.25) is 5.88 Å². The van der Waals surface area contributed by atoms with E-state index in [1.54, 1.807) is 42.5 Å². The quantitative estimate of drug-likeness (QED) is 0.437. The summed E-state index contributed by atoms with van der Waals surface area (Å²) in [5, 5.41) is 9.89. The average molecular weight is 511 g/mol. The van der Waals surface area contributed by atoms with E-state index in [9.17, 15) is 31.4 Å². The second-order valence-electron chi connectivity index (χ2n) is 8.39. The molecule has 36 heavy (non-hydrogen) atoms. The zero-order chi connectivity index (χ0) is 26.1. The molecule has 11 heteroatoms. The molecule has 0 radical (unpaired) electrons. The number of fused-ring (bicyclic) bond motifs is 1. The maximum absolute atomic E-state index is 13.4. The van der Waals surface area contributed by atoms with Gasteiger partial charge in [-0.05, 0) is 35.9 Å². The molecular formula is C25H23F6N3O2. The van der Waals surface area contributed by atoms with Crippen molar-refractivity contribution in [3.63, 3.8) is 0 Å². The van der Waals surface area contributed by atoms with Gasteiger partial charge in [0.25, 0.3) is 0 Å². The van der Waals surface area contributed by atoms with Gasteiger partial charge in [-0.2, -0.15) is 26.3 Å². The van der Waals surface area contributed by atoms with Crippen LogP contribution in [0.1, 0.15) is 22.9 Å². The van der Waals surface area contributed by atoms with E-state index >= 15 is 0 Å². The first-order valence-corrected chi connectivity index (χ1v) is 11.0. The number of ether oxygens (including phenoxy) is 1. The van der Waals surface area contributed by atoms with Crippen LogP contribution in [-0.2, 0) is 12.7 Å². The predicted octanol–water partition coefficient (Wildman–Crippen LogP) is 5.60. The van der Waals surface area contributed by atoms with Crippen molar-refractivity contribution in [3.05, 3.63) is 83.6 Å². The monoisotopic (exact) mass is 511 g/mol. The molecule has 0 saturated heterocycles. The van der Waals surface area contributed by atoms with Crippen molar-refractivity contribution in [2.75, 3.05) is 30.0 Å². The maximum atomic E-state index is 13.4. The fourth-order valence-electron chi connectivity index (χ4n) is 4.28. The smallest absolute Gasteiger partial charge is 0.416 e. The van der Waals surface area contributed by atoms with Crippen LogP contribution < -0.4 is 14.5 Å². The molecule has 2 atom stereocenters.